The van der Waals surface area contributed by atoms with Crippen molar-refractivity contribution in [1.29, 1.82) is 0 Å². The smallest absolute Gasteiger partial charge is 0.231 e. The molecule has 0 N–H and O–H groups in total. The molecule has 206 valence electrons. The van der Waals surface area contributed by atoms with Crippen molar-refractivity contribution in [2.75, 3.05) is 48.4 Å². The van der Waals surface area contributed by atoms with Crippen LogP contribution >= 0.6 is 0 Å². The molecule has 1 aromatic carbocycles. The normalized spacial score (nSPS) is 21.8. The molecule has 0 radical (unpaired) electrons. The van der Waals surface area contributed by atoms with Gasteiger partial charge in [0, 0.05) is 69.4 Å². The number of carbonyl (C=O) groups is 1. The number of hydrogen-bond donors (Lipinski definition) is 0. The van der Waals surface area contributed by atoms with Crippen LogP contribution in [0.25, 0.3) is 6.08 Å². The van der Waals surface area contributed by atoms with Crippen molar-refractivity contribution in [3.63, 3.8) is 0 Å². The van der Waals surface area contributed by atoms with Gasteiger partial charge in [0.05, 0.1) is 5.69 Å². The highest BCUT2D eigenvalue weighted by Gasteiger charge is 2.32. The molecule has 2 aromatic rings. The van der Waals surface area contributed by atoms with E-state index in [1.54, 1.807) is 0 Å². The number of allylic oxidation sites excluding steroid dienone is 2. The zero-order valence-electron chi connectivity index (χ0n) is 23.8. The molecular weight excluding hydrogens is 482 g/mol. The Hall–Kier alpha value is -3.41. The third-order valence-electron chi connectivity index (χ3n) is 8.57. The molecule has 0 spiro atoms. The Morgan fingerprint density at radius 1 is 0.974 bits per heavy atom. The fourth-order valence-electron chi connectivity index (χ4n) is 5.97. The van der Waals surface area contributed by atoms with Crippen LogP contribution in [0.4, 0.5) is 17.2 Å². The van der Waals surface area contributed by atoms with Crippen molar-refractivity contribution in [2.45, 2.75) is 51.9 Å². The summed E-state index contributed by atoms with van der Waals surface area (Å²) in [5.41, 5.74) is 4.41. The molecule has 0 unspecified atom stereocenters. The van der Waals surface area contributed by atoms with E-state index >= 15 is 0 Å². The van der Waals surface area contributed by atoms with Gasteiger partial charge in [0.2, 0.25) is 5.91 Å². The summed E-state index contributed by atoms with van der Waals surface area (Å²) in [7, 11) is 4.15. The van der Waals surface area contributed by atoms with E-state index in [9.17, 15) is 4.79 Å². The molecule has 2 aliphatic heterocycles. The maximum absolute atomic E-state index is 14.0. The number of amides is 1. The Morgan fingerprint density at radius 3 is 2.38 bits per heavy atom. The molecule has 6 heteroatoms. The van der Waals surface area contributed by atoms with E-state index in [1.807, 2.05) is 41.5 Å². The predicted molar refractivity (Wildman–Crippen MR) is 164 cm³/mol. The molecule has 1 aromatic heterocycles. The molecular formula is C33H43N5O. The van der Waals surface area contributed by atoms with Crippen LogP contribution in [-0.2, 0) is 4.79 Å². The van der Waals surface area contributed by atoms with Gasteiger partial charge in [0.15, 0.2) is 0 Å². The van der Waals surface area contributed by atoms with E-state index in [0.717, 1.165) is 87.7 Å². The van der Waals surface area contributed by atoms with Crippen molar-refractivity contribution in [1.82, 2.24) is 4.98 Å². The SMILES string of the molecule is CC1CCC(C(=O)N(CC2CCN(c3ccc(N(C)C)cc3)CC2)c2cccc(/C=C/C3=NC=CC3)n2)CC1. The minimum atomic E-state index is 0.108. The Kier molecular flexibility index (Phi) is 8.80. The van der Waals surface area contributed by atoms with E-state index in [1.165, 1.54) is 11.4 Å². The summed E-state index contributed by atoms with van der Waals surface area (Å²) < 4.78 is 0. The highest BCUT2D eigenvalue weighted by molar-refractivity contribution is 6.00. The zero-order chi connectivity index (χ0) is 27.2. The number of hydrogen-bond acceptors (Lipinski definition) is 5. The molecule has 39 heavy (non-hydrogen) atoms. The maximum atomic E-state index is 14.0. The average molecular weight is 526 g/mol. The van der Waals surface area contributed by atoms with Gasteiger partial charge in [0.1, 0.15) is 5.82 Å². The molecule has 1 amide bonds. The summed E-state index contributed by atoms with van der Waals surface area (Å²) in [4.78, 5) is 29.9. The van der Waals surface area contributed by atoms with E-state index in [2.05, 4.69) is 66.2 Å². The lowest BCUT2D eigenvalue weighted by atomic mass is 9.82. The van der Waals surface area contributed by atoms with Gasteiger partial charge in [-0.05, 0) is 98.9 Å². The second kappa shape index (κ2) is 12.6. The third kappa shape index (κ3) is 6.97. The lowest BCUT2D eigenvalue weighted by Crippen LogP contribution is -2.44. The summed E-state index contributed by atoms with van der Waals surface area (Å²) in [6.45, 7) is 5.08. The Morgan fingerprint density at radius 2 is 1.72 bits per heavy atom. The molecule has 1 saturated heterocycles. The number of nitrogens with zero attached hydrogens (tertiary/aromatic N) is 5. The predicted octanol–water partition coefficient (Wildman–Crippen LogP) is 6.60. The first-order valence-corrected chi connectivity index (χ1v) is 14.7. The Bertz CT molecular complexity index is 1200. The lowest BCUT2D eigenvalue weighted by molar-refractivity contribution is -0.123. The van der Waals surface area contributed by atoms with Crippen LogP contribution in [0.1, 0.15) is 57.6 Å². The second-order valence-corrected chi connectivity index (χ2v) is 11.7. The van der Waals surface area contributed by atoms with Crippen LogP contribution in [0.15, 0.2) is 65.8 Å². The molecule has 3 heterocycles. The number of carbonyl (C=O) groups excluding carboxylic acids is 1. The highest BCUT2D eigenvalue weighted by atomic mass is 16.2. The van der Waals surface area contributed by atoms with Crippen molar-refractivity contribution in [2.24, 2.45) is 22.7 Å². The van der Waals surface area contributed by atoms with Crippen molar-refractivity contribution in [3.8, 4) is 0 Å². The summed E-state index contributed by atoms with van der Waals surface area (Å²) in [5.74, 6) is 2.35. The zero-order valence-corrected chi connectivity index (χ0v) is 23.8. The summed E-state index contributed by atoms with van der Waals surface area (Å²) in [6.07, 6.45) is 15.2. The van der Waals surface area contributed by atoms with Gasteiger partial charge >= 0.3 is 0 Å². The van der Waals surface area contributed by atoms with Crippen LogP contribution in [0, 0.1) is 17.8 Å². The number of aliphatic imine (C=N–C) groups is 1. The number of benzene rings is 1. The van der Waals surface area contributed by atoms with Crippen LogP contribution < -0.4 is 14.7 Å². The van der Waals surface area contributed by atoms with E-state index < -0.39 is 0 Å². The first-order valence-electron chi connectivity index (χ1n) is 14.7. The maximum Gasteiger partial charge on any atom is 0.231 e. The molecule has 2 fully saturated rings. The van der Waals surface area contributed by atoms with E-state index in [-0.39, 0.29) is 11.8 Å². The standard InChI is InChI=1S/C33H43N5O/c1-25-9-11-27(12-10-25)33(39)38(32-8-4-6-29(35-32)14-13-28-7-5-21-34-28)24-26-19-22-37(23-20-26)31-17-15-30(16-18-31)36(2)3/h4-6,8,13-18,21,25-27H,7,9-12,19-20,22-24H2,1-3H3/b14-13+. The lowest BCUT2D eigenvalue weighted by Gasteiger charge is -2.37. The molecule has 0 atom stereocenters. The van der Waals surface area contributed by atoms with Gasteiger partial charge < -0.3 is 9.80 Å². The second-order valence-electron chi connectivity index (χ2n) is 11.7. The summed E-state index contributed by atoms with van der Waals surface area (Å²) in [6, 6.07) is 14.9. The van der Waals surface area contributed by atoms with E-state index in [4.69, 9.17) is 4.98 Å². The molecule has 3 aliphatic rings. The fraction of sp³-hybridized carbons (Fsp3) is 0.485. The fourth-order valence-corrected chi connectivity index (χ4v) is 5.97. The number of piperidine rings is 1. The minimum absolute atomic E-state index is 0.108. The molecule has 6 nitrogen and oxygen atoms in total. The van der Waals surface area contributed by atoms with Gasteiger partial charge in [-0.15, -0.1) is 0 Å². The molecule has 1 saturated carbocycles. The van der Waals surface area contributed by atoms with Gasteiger partial charge in [0.25, 0.3) is 0 Å². The molecule has 5 rings (SSSR count). The number of pyridine rings is 1. The van der Waals surface area contributed by atoms with Crippen LogP contribution in [0.5, 0.6) is 0 Å². The molecule has 1 aliphatic carbocycles. The largest absolute Gasteiger partial charge is 0.378 e. The van der Waals surface area contributed by atoms with Crippen LogP contribution in [0.2, 0.25) is 0 Å². The van der Waals surface area contributed by atoms with Crippen molar-refractivity contribution in [3.05, 3.63) is 66.5 Å². The van der Waals surface area contributed by atoms with E-state index in [0.29, 0.717) is 5.92 Å². The van der Waals surface area contributed by atoms with Crippen LogP contribution in [0.3, 0.4) is 0 Å². The van der Waals surface area contributed by atoms with Crippen molar-refractivity contribution < 1.29 is 4.79 Å². The first kappa shape index (κ1) is 27.2. The summed E-state index contributed by atoms with van der Waals surface area (Å²) >= 11 is 0. The van der Waals surface area contributed by atoms with Crippen molar-refractivity contribution >= 4 is 34.9 Å². The van der Waals surface area contributed by atoms with Gasteiger partial charge in [-0.2, -0.15) is 0 Å². The van der Waals surface area contributed by atoms with Crippen LogP contribution in [-0.4, -0.2) is 50.3 Å². The highest BCUT2D eigenvalue weighted by Crippen LogP contribution is 2.32. The Balaban J connectivity index is 1.28. The molecule has 0 bridgehead atoms. The quantitative estimate of drug-likeness (QED) is 0.390. The number of anilines is 3. The average Bonchev–Trinajstić information content (AvgIpc) is 3.49. The van der Waals surface area contributed by atoms with Gasteiger partial charge in [-0.1, -0.05) is 19.1 Å². The summed E-state index contributed by atoms with van der Waals surface area (Å²) in [5, 5.41) is 0. The van der Waals surface area contributed by atoms with Gasteiger partial charge in [-0.3, -0.25) is 14.7 Å². The number of aromatic nitrogens is 1. The monoisotopic (exact) mass is 525 g/mol. The first-order chi connectivity index (χ1) is 19.0. The minimum Gasteiger partial charge on any atom is -0.378 e. The van der Waals surface area contributed by atoms with Gasteiger partial charge in [-0.25, -0.2) is 4.98 Å². The number of rotatable bonds is 8. The third-order valence-corrected chi connectivity index (χ3v) is 8.57. The Labute approximate surface area is 234 Å². The topological polar surface area (TPSA) is 52.0 Å².